The molecule has 4 nitrogen and oxygen atoms in total. The van der Waals surface area contributed by atoms with Gasteiger partial charge in [-0.15, -0.1) is 0 Å². The second-order valence-corrected chi connectivity index (χ2v) is 7.08. The van der Waals surface area contributed by atoms with Crippen molar-refractivity contribution in [2.75, 3.05) is 11.1 Å². The fraction of sp³-hybridized carbons (Fsp3) is 0. The Labute approximate surface area is 171 Å². The van der Waals surface area contributed by atoms with E-state index in [0.717, 1.165) is 22.0 Å². The van der Waals surface area contributed by atoms with Crippen LogP contribution in [-0.4, -0.2) is 10.9 Å². The molecule has 6 heteroatoms. The minimum absolute atomic E-state index is 0.289. The molecule has 0 aliphatic heterocycles. The molecule has 138 valence electrons. The molecule has 1 aromatic heterocycles. The molecule has 0 bridgehead atoms. The van der Waals surface area contributed by atoms with Gasteiger partial charge in [0.15, 0.2) is 0 Å². The molecule has 4 aromatic rings. The van der Waals surface area contributed by atoms with Crippen LogP contribution in [0.25, 0.3) is 22.0 Å². The first-order chi connectivity index (χ1) is 13.5. The zero-order valence-electron chi connectivity index (χ0n) is 14.6. The summed E-state index contributed by atoms with van der Waals surface area (Å²) < 4.78 is 0. The molecule has 0 aliphatic carbocycles. The number of carbonyl (C=O) groups is 1. The van der Waals surface area contributed by atoms with Crippen LogP contribution in [-0.2, 0) is 0 Å². The molecule has 3 N–H and O–H groups in total. The first kappa shape index (κ1) is 18.3. The first-order valence-corrected chi connectivity index (χ1v) is 9.28. The SMILES string of the molecule is Nc1cc(C(=O)Nc2ccc(Cl)c(-c3nccc4ccccc34)c2)ccc1Cl. The number of anilines is 2. The van der Waals surface area contributed by atoms with E-state index < -0.39 is 0 Å². The van der Waals surface area contributed by atoms with Gasteiger partial charge in [0.1, 0.15) is 0 Å². The lowest BCUT2D eigenvalue weighted by Gasteiger charge is -2.11. The number of halogens is 2. The highest BCUT2D eigenvalue weighted by atomic mass is 35.5. The van der Waals surface area contributed by atoms with E-state index in [1.807, 2.05) is 36.4 Å². The summed E-state index contributed by atoms with van der Waals surface area (Å²) in [5.41, 5.74) is 8.66. The highest BCUT2D eigenvalue weighted by Gasteiger charge is 2.13. The van der Waals surface area contributed by atoms with Crippen molar-refractivity contribution in [1.29, 1.82) is 0 Å². The van der Waals surface area contributed by atoms with Gasteiger partial charge in [0.25, 0.3) is 5.91 Å². The van der Waals surface area contributed by atoms with Gasteiger partial charge in [0.2, 0.25) is 0 Å². The summed E-state index contributed by atoms with van der Waals surface area (Å²) in [6, 6.07) is 20.0. The van der Waals surface area contributed by atoms with E-state index in [9.17, 15) is 4.79 Å². The lowest BCUT2D eigenvalue weighted by Crippen LogP contribution is -2.12. The Balaban J connectivity index is 1.71. The number of hydrogen-bond acceptors (Lipinski definition) is 3. The zero-order chi connectivity index (χ0) is 19.7. The molecule has 4 rings (SSSR count). The standard InChI is InChI=1S/C22H15Cl2N3O/c23-18-8-6-15(27-22(28)14-5-7-19(24)20(25)11-14)12-17(18)21-16-4-2-1-3-13(16)9-10-26-21/h1-12H,25H2,(H,27,28). The molecule has 0 saturated carbocycles. The van der Waals surface area contributed by atoms with Crippen molar-refractivity contribution >= 4 is 51.3 Å². The molecule has 0 fully saturated rings. The number of amides is 1. The minimum atomic E-state index is -0.289. The molecular formula is C22H15Cl2N3O. The monoisotopic (exact) mass is 407 g/mol. The maximum atomic E-state index is 12.6. The number of hydrogen-bond donors (Lipinski definition) is 2. The Kier molecular flexibility index (Phi) is 4.90. The van der Waals surface area contributed by atoms with Crippen LogP contribution in [0.1, 0.15) is 10.4 Å². The second kappa shape index (κ2) is 7.50. The number of nitrogen functional groups attached to an aromatic ring is 1. The van der Waals surface area contributed by atoms with Gasteiger partial charge in [0.05, 0.1) is 21.4 Å². The Morgan fingerprint density at radius 2 is 1.71 bits per heavy atom. The van der Waals surface area contributed by atoms with Gasteiger partial charge >= 0.3 is 0 Å². The van der Waals surface area contributed by atoms with Gasteiger partial charge in [-0.25, -0.2) is 0 Å². The Morgan fingerprint density at radius 1 is 0.929 bits per heavy atom. The average molecular weight is 408 g/mol. The van der Waals surface area contributed by atoms with E-state index in [1.165, 1.54) is 0 Å². The van der Waals surface area contributed by atoms with Crippen LogP contribution in [0.3, 0.4) is 0 Å². The Hall–Kier alpha value is -3.08. The summed E-state index contributed by atoms with van der Waals surface area (Å²) >= 11 is 12.4. The van der Waals surface area contributed by atoms with Gasteiger partial charge in [-0.05, 0) is 47.9 Å². The predicted octanol–water partition coefficient (Wildman–Crippen LogP) is 6.04. The number of benzene rings is 3. The fourth-order valence-electron chi connectivity index (χ4n) is 3.01. The summed E-state index contributed by atoms with van der Waals surface area (Å²) in [4.78, 5) is 17.1. The van der Waals surface area contributed by atoms with Crippen molar-refractivity contribution in [3.05, 3.63) is 88.5 Å². The molecule has 3 aromatic carbocycles. The van der Waals surface area contributed by atoms with Crippen molar-refractivity contribution in [1.82, 2.24) is 4.98 Å². The van der Waals surface area contributed by atoms with Gasteiger partial charge in [-0.1, -0.05) is 47.5 Å². The molecule has 0 spiro atoms. The largest absolute Gasteiger partial charge is 0.398 e. The molecule has 1 amide bonds. The van der Waals surface area contributed by atoms with E-state index in [2.05, 4.69) is 10.3 Å². The highest BCUT2D eigenvalue weighted by molar-refractivity contribution is 6.34. The maximum absolute atomic E-state index is 12.6. The highest BCUT2D eigenvalue weighted by Crippen LogP contribution is 2.34. The van der Waals surface area contributed by atoms with Crippen LogP contribution in [0, 0.1) is 0 Å². The van der Waals surface area contributed by atoms with Crippen LogP contribution < -0.4 is 11.1 Å². The summed E-state index contributed by atoms with van der Waals surface area (Å²) in [5.74, 6) is -0.289. The third-order valence-corrected chi connectivity index (χ3v) is 5.08. The number of carbonyl (C=O) groups excluding carboxylic acids is 1. The summed E-state index contributed by atoms with van der Waals surface area (Å²) in [5, 5.41) is 5.88. The van der Waals surface area contributed by atoms with E-state index in [0.29, 0.717) is 27.0 Å². The maximum Gasteiger partial charge on any atom is 0.255 e. The van der Waals surface area contributed by atoms with Crippen molar-refractivity contribution < 1.29 is 4.79 Å². The van der Waals surface area contributed by atoms with Gasteiger partial charge < -0.3 is 11.1 Å². The fourth-order valence-corrected chi connectivity index (χ4v) is 3.33. The van der Waals surface area contributed by atoms with E-state index in [1.54, 1.807) is 36.5 Å². The lowest BCUT2D eigenvalue weighted by atomic mass is 10.0. The number of fused-ring (bicyclic) bond motifs is 1. The number of pyridine rings is 1. The lowest BCUT2D eigenvalue weighted by molar-refractivity contribution is 0.102. The number of nitrogens with zero attached hydrogens (tertiary/aromatic N) is 1. The molecule has 1 heterocycles. The molecule has 0 atom stereocenters. The van der Waals surface area contributed by atoms with Crippen LogP contribution in [0.15, 0.2) is 72.9 Å². The van der Waals surface area contributed by atoms with Crippen LogP contribution in [0.4, 0.5) is 11.4 Å². The van der Waals surface area contributed by atoms with E-state index >= 15 is 0 Å². The van der Waals surface area contributed by atoms with Crippen LogP contribution in [0.2, 0.25) is 10.0 Å². The second-order valence-electron chi connectivity index (χ2n) is 6.27. The predicted molar refractivity (Wildman–Crippen MR) is 116 cm³/mol. The quantitative estimate of drug-likeness (QED) is 0.406. The molecular weight excluding hydrogens is 393 g/mol. The minimum Gasteiger partial charge on any atom is -0.398 e. The smallest absolute Gasteiger partial charge is 0.255 e. The number of nitrogens with two attached hydrogens (primary N) is 1. The summed E-state index contributed by atoms with van der Waals surface area (Å²) in [7, 11) is 0. The van der Waals surface area contributed by atoms with Crippen molar-refractivity contribution in [2.45, 2.75) is 0 Å². The van der Waals surface area contributed by atoms with Gasteiger partial charge in [-0.3, -0.25) is 9.78 Å². The average Bonchev–Trinajstić information content (AvgIpc) is 2.71. The third-order valence-electron chi connectivity index (χ3n) is 4.41. The van der Waals surface area contributed by atoms with E-state index in [4.69, 9.17) is 28.9 Å². The van der Waals surface area contributed by atoms with Gasteiger partial charge in [0, 0.05) is 28.4 Å². The number of nitrogens with one attached hydrogen (secondary N) is 1. The number of rotatable bonds is 3. The van der Waals surface area contributed by atoms with Crippen LogP contribution >= 0.6 is 23.2 Å². The first-order valence-electron chi connectivity index (χ1n) is 8.53. The molecule has 28 heavy (non-hydrogen) atoms. The molecule has 0 radical (unpaired) electrons. The molecule has 0 unspecified atom stereocenters. The summed E-state index contributed by atoms with van der Waals surface area (Å²) in [6.45, 7) is 0. The van der Waals surface area contributed by atoms with E-state index in [-0.39, 0.29) is 5.91 Å². The van der Waals surface area contributed by atoms with Crippen LogP contribution in [0.5, 0.6) is 0 Å². The van der Waals surface area contributed by atoms with Crippen molar-refractivity contribution in [2.24, 2.45) is 0 Å². The third kappa shape index (κ3) is 3.52. The Morgan fingerprint density at radius 3 is 2.54 bits per heavy atom. The topological polar surface area (TPSA) is 68.0 Å². The van der Waals surface area contributed by atoms with Crippen molar-refractivity contribution in [3.63, 3.8) is 0 Å². The molecule has 0 aliphatic rings. The molecule has 0 saturated heterocycles. The Bertz CT molecular complexity index is 1200. The normalized spacial score (nSPS) is 10.8. The van der Waals surface area contributed by atoms with Crippen molar-refractivity contribution in [3.8, 4) is 11.3 Å². The zero-order valence-corrected chi connectivity index (χ0v) is 16.1. The van der Waals surface area contributed by atoms with Gasteiger partial charge in [-0.2, -0.15) is 0 Å². The summed E-state index contributed by atoms with van der Waals surface area (Å²) in [6.07, 6.45) is 1.75. The number of aromatic nitrogens is 1.